The lowest BCUT2D eigenvalue weighted by atomic mass is 10.3. The molecule has 1 heterocycles. The second-order valence-electron chi connectivity index (χ2n) is 2.83. The van der Waals surface area contributed by atoms with Crippen LogP contribution in [0.1, 0.15) is 5.82 Å². The van der Waals surface area contributed by atoms with Crippen molar-refractivity contribution in [1.82, 2.24) is 14.8 Å². The Morgan fingerprint density at radius 3 is 2.93 bits per heavy atom. The Kier molecular flexibility index (Phi) is 2.16. The van der Waals surface area contributed by atoms with Crippen molar-refractivity contribution >= 4 is 0 Å². The molecule has 0 aliphatic rings. The van der Waals surface area contributed by atoms with E-state index in [0.29, 0.717) is 12.4 Å². The third kappa shape index (κ3) is 1.57. The molecule has 5 nitrogen and oxygen atoms in total. The summed E-state index contributed by atoms with van der Waals surface area (Å²) in [6.45, 7) is 0.311. The molecule has 1 aromatic carbocycles. The Hall–Kier alpha value is -1.88. The molecule has 1 aromatic heterocycles. The summed E-state index contributed by atoms with van der Waals surface area (Å²) in [4.78, 5) is 3.99. The quantitative estimate of drug-likeness (QED) is 0.720. The number of benzene rings is 1. The number of hydrogen-bond donors (Lipinski definition) is 2. The molecule has 2 aromatic rings. The summed E-state index contributed by atoms with van der Waals surface area (Å²) in [7, 11) is 0. The highest BCUT2D eigenvalue weighted by Crippen LogP contribution is 2.13. The van der Waals surface area contributed by atoms with E-state index >= 15 is 0 Å². The molecule has 0 bridgehead atoms. The molecule has 3 N–H and O–H groups in total. The van der Waals surface area contributed by atoms with E-state index in [1.807, 2.05) is 6.07 Å². The van der Waals surface area contributed by atoms with Gasteiger partial charge >= 0.3 is 0 Å². The van der Waals surface area contributed by atoms with Crippen LogP contribution in [0.3, 0.4) is 0 Å². The summed E-state index contributed by atoms with van der Waals surface area (Å²) < 4.78 is 1.57. The average molecular weight is 190 g/mol. The minimum absolute atomic E-state index is 0.201. The Morgan fingerprint density at radius 1 is 1.43 bits per heavy atom. The zero-order chi connectivity index (χ0) is 9.97. The molecule has 0 spiro atoms. The van der Waals surface area contributed by atoms with Gasteiger partial charge < -0.3 is 10.8 Å². The van der Waals surface area contributed by atoms with Crippen molar-refractivity contribution in [2.45, 2.75) is 6.54 Å². The number of nitrogens with two attached hydrogens (primary N) is 1. The maximum absolute atomic E-state index is 9.25. The van der Waals surface area contributed by atoms with E-state index in [2.05, 4.69) is 10.1 Å². The van der Waals surface area contributed by atoms with Crippen LogP contribution in [0.5, 0.6) is 5.75 Å². The fraction of sp³-hybridized carbons (Fsp3) is 0.111. The SMILES string of the molecule is NCc1ncn(-c2cccc(O)c2)n1. The fourth-order valence-electron chi connectivity index (χ4n) is 1.15. The van der Waals surface area contributed by atoms with Crippen LogP contribution >= 0.6 is 0 Å². The second kappa shape index (κ2) is 3.47. The molecule has 2 rings (SSSR count). The molecule has 0 saturated heterocycles. The van der Waals surface area contributed by atoms with Gasteiger partial charge in [0.05, 0.1) is 12.2 Å². The van der Waals surface area contributed by atoms with Gasteiger partial charge in [-0.2, -0.15) is 0 Å². The normalized spacial score (nSPS) is 10.4. The fourth-order valence-corrected chi connectivity index (χ4v) is 1.15. The minimum atomic E-state index is 0.201. The molecule has 0 aliphatic carbocycles. The Balaban J connectivity index is 2.39. The summed E-state index contributed by atoms with van der Waals surface area (Å²) in [5, 5.41) is 13.4. The molecule has 14 heavy (non-hydrogen) atoms. The van der Waals surface area contributed by atoms with Gasteiger partial charge in [0.25, 0.3) is 0 Å². The zero-order valence-electron chi connectivity index (χ0n) is 7.46. The van der Waals surface area contributed by atoms with Crippen LogP contribution in [0.25, 0.3) is 5.69 Å². The third-order valence-electron chi connectivity index (χ3n) is 1.82. The van der Waals surface area contributed by atoms with Crippen molar-refractivity contribution in [2.24, 2.45) is 5.73 Å². The third-order valence-corrected chi connectivity index (χ3v) is 1.82. The standard InChI is InChI=1S/C9H10N4O/c10-5-9-11-6-13(12-9)7-2-1-3-8(14)4-7/h1-4,6,14H,5,10H2. The molecule has 0 atom stereocenters. The van der Waals surface area contributed by atoms with Gasteiger partial charge in [-0.3, -0.25) is 0 Å². The van der Waals surface area contributed by atoms with Crippen LogP contribution in [0.4, 0.5) is 0 Å². The lowest BCUT2D eigenvalue weighted by molar-refractivity contribution is 0.475. The highest BCUT2D eigenvalue weighted by atomic mass is 16.3. The monoisotopic (exact) mass is 190 g/mol. The Morgan fingerprint density at radius 2 is 2.29 bits per heavy atom. The van der Waals surface area contributed by atoms with E-state index in [4.69, 9.17) is 5.73 Å². The lowest BCUT2D eigenvalue weighted by Gasteiger charge is -1.99. The van der Waals surface area contributed by atoms with Gasteiger partial charge in [-0.05, 0) is 12.1 Å². The summed E-state index contributed by atoms with van der Waals surface area (Å²) in [5.74, 6) is 0.778. The molecule has 0 aliphatic heterocycles. The molecule has 0 saturated carbocycles. The van der Waals surface area contributed by atoms with E-state index in [1.54, 1.807) is 29.2 Å². The molecule has 0 fully saturated rings. The van der Waals surface area contributed by atoms with Gasteiger partial charge in [-0.1, -0.05) is 6.07 Å². The molecular weight excluding hydrogens is 180 g/mol. The largest absolute Gasteiger partial charge is 0.508 e. The summed E-state index contributed by atoms with van der Waals surface area (Å²) in [5.41, 5.74) is 6.14. The van der Waals surface area contributed by atoms with Crippen molar-refractivity contribution in [1.29, 1.82) is 0 Å². The molecule has 0 radical (unpaired) electrons. The number of phenolic OH excluding ortho intramolecular Hbond substituents is 1. The molecule has 0 unspecified atom stereocenters. The van der Waals surface area contributed by atoms with Crippen LogP contribution in [0.15, 0.2) is 30.6 Å². The van der Waals surface area contributed by atoms with E-state index in [0.717, 1.165) is 5.69 Å². The topological polar surface area (TPSA) is 77.0 Å². The lowest BCUT2D eigenvalue weighted by Crippen LogP contribution is -2.00. The number of nitrogens with zero attached hydrogens (tertiary/aromatic N) is 3. The number of rotatable bonds is 2. The zero-order valence-corrected chi connectivity index (χ0v) is 7.46. The number of aromatic hydroxyl groups is 1. The summed E-state index contributed by atoms with van der Waals surface area (Å²) in [6, 6.07) is 6.78. The number of aromatic nitrogens is 3. The van der Waals surface area contributed by atoms with Crippen LogP contribution in [0.2, 0.25) is 0 Å². The van der Waals surface area contributed by atoms with Gasteiger partial charge in [-0.15, -0.1) is 5.10 Å². The first-order valence-corrected chi connectivity index (χ1v) is 4.19. The predicted octanol–water partition coefficient (Wildman–Crippen LogP) is 0.432. The van der Waals surface area contributed by atoms with Crippen LogP contribution in [-0.4, -0.2) is 19.9 Å². The van der Waals surface area contributed by atoms with Gasteiger partial charge in [0.1, 0.15) is 12.1 Å². The van der Waals surface area contributed by atoms with Crippen molar-refractivity contribution < 1.29 is 5.11 Å². The predicted molar refractivity (Wildman–Crippen MR) is 50.9 cm³/mol. The van der Waals surface area contributed by atoms with E-state index < -0.39 is 0 Å². The highest BCUT2D eigenvalue weighted by molar-refractivity contribution is 5.37. The van der Waals surface area contributed by atoms with Gasteiger partial charge in [0.15, 0.2) is 5.82 Å². The molecule has 72 valence electrons. The smallest absolute Gasteiger partial charge is 0.164 e. The van der Waals surface area contributed by atoms with Crippen molar-refractivity contribution in [3.63, 3.8) is 0 Å². The Bertz CT molecular complexity index is 438. The van der Waals surface area contributed by atoms with Crippen LogP contribution < -0.4 is 5.73 Å². The van der Waals surface area contributed by atoms with Crippen molar-refractivity contribution in [3.8, 4) is 11.4 Å². The first-order chi connectivity index (χ1) is 6.79. The first kappa shape index (κ1) is 8.71. The highest BCUT2D eigenvalue weighted by Gasteiger charge is 2.01. The summed E-state index contributed by atoms with van der Waals surface area (Å²) >= 11 is 0. The maximum Gasteiger partial charge on any atom is 0.164 e. The average Bonchev–Trinajstić information content (AvgIpc) is 2.66. The molecule has 5 heteroatoms. The summed E-state index contributed by atoms with van der Waals surface area (Å²) in [6.07, 6.45) is 1.57. The van der Waals surface area contributed by atoms with Crippen LogP contribution in [0, 0.1) is 0 Å². The van der Waals surface area contributed by atoms with Gasteiger partial charge in [-0.25, -0.2) is 9.67 Å². The molecule has 0 amide bonds. The van der Waals surface area contributed by atoms with E-state index in [1.165, 1.54) is 0 Å². The van der Waals surface area contributed by atoms with Crippen molar-refractivity contribution in [3.05, 3.63) is 36.4 Å². The number of phenols is 1. The van der Waals surface area contributed by atoms with Crippen molar-refractivity contribution in [2.75, 3.05) is 0 Å². The van der Waals surface area contributed by atoms with Gasteiger partial charge in [0.2, 0.25) is 0 Å². The first-order valence-electron chi connectivity index (χ1n) is 4.19. The Labute approximate surface area is 80.8 Å². The van der Waals surface area contributed by atoms with E-state index in [-0.39, 0.29) is 5.75 Å². The van der Waals surface area contributed by atoms with Crippen LogP contribution in [-0.2, 0) is 6.54 Å². The second-order valence-corrected chi connectivity index (χ2v) is 2.83. The number of hydrogen-bond acceptors (Lipinski definition) is 4. The molecular formula is C9H10N4O. The van der Waals surface area contributed by atoms with E-state index in [9.17, 15) is 5.11 Å². The minimum Gasteiger partial charge on any atom is -0.508 e. The van der Waals surface area contributed by atoms with Gasteiger partial charge in [0, 0.05) is 6.07 Å². The maximum atomic E-state index is 9.25.